The standard InChI is InChI=1S/C10H19NO3/c1-3-11(7-9-14-2)10(13)6-4-5-8-12/h8H,3-7,9H2,1-2H3. The maximum atomic E-state index is 11.5. The number of amides is 1. The number of unbranched alkanes of at least 4 members (excludes halogenated alkanes) is 1. The van der Waals surface area contributed by atoms with Gasteiger partial charge in [-0.05, 0) is 13.3 Å². The van der Waals surface area contributed by atoms with Crippen molar-refractivity contribution in [2.45, 2.75) is 26.2 Å². The Morgan fingerprint density at radius 1 is 1.50 bits per heavy atom. The zero-order valence-corrected chi connectivity index (χ0v) is 8.99. The SMILES string of the molecule is CCN(CCOC)C(=O)CCCC=O. The molecule has 0 saturated carbocycles. The van der Waals surface area contributed by atoms with Gasteiger partial charge in [0, 0.05) is 33.0 Å². The minimum Gasteiger partial charge on any atom is -0.383 e. The van der Waals surface area contributed by atoms with Crippen LogP contribution in [0.3, 0.4) is 0 Å². The van der Waals surface area contributed by atoms with Crippen LogP contribution in [0.25, 0.3) is 0 Å². The Morgan fingerprint density at radius 2 is 2.21 bits per heavy atom. The molecule has 0 aliphatic carbocycles. The number of nitrogens with zero attached hydrogens (tertiary/aromatic N) is 1. The summed E-state index contributed by atoms with van der Waals surface area (Å²) in [4.78, 5) is 23.3. The fourth-order valence-corrected chi connectivity index (χ4v) is 1.16. The van der Waals surface area contributed by atoms with Gasteiger partial charge in [0.05, 0.1) is 6.61 Å². The molecule has 14 heavy (non-hydrogen) atoms. The summed E-state index contributed by atoms with van der Waals surface area (Å²) < 4.78 is 4.90. The lowest BCUT2D eigenvalue weighted by atomic mass is 10.2. The van der Waals surface area contributed by atoms with Gasteiger partial charge in [0.15, 0.2) is 0 Å². The van der Waals surface area contributed by atoms with Crippen molar-refractivity contribution in [3.8, 4) is 0 Å². The number of carbonyl (C=O) groups excluding carboxylic acids is 2. The number of carbonyl (C=O) groups is 2. The second-order valence-corrected chi connectivity index (χ2v) is 3.03. The van der Waals surface area contributed by atoms with Crippen molar-refractivity contribution in [3.63, 3.8) is 0 Å². The van der Waals surface area contributed by atoms with E-state index in [4.69, 9.17) is 4.74 Å². The predicted octanol–water partition coefficient (Wildman–Crippen LogP) is 0.850. The molecule has 0 bridgehead atoms. The van der Waals surface area contributed by atoms with Gasteiger partial charge in [-0.15, -0.1) is 0 Å². The van der Waals surface area contributed by atoms with Crippen LogP contribution in [0.4, 0.5) is 0 Å². The smallest absolute Gasteiger partial charge is 0.222 e. The molecule has 0 aromatic heterocycles. The third-order valence-corrected chi connectivity index (χ3v) is 2.01. The summed E-state index contributed by atoms with van der Waals surface area (Å²) in [6, 6.07) is 0. The van der Waals surface area contributed by atoms with Crippen molar-refractivity contribution < 1.29 is 14.3 Å². The molecule has 0 heterocycles. The van der Waals surface area contributed by atoms with E-state index in [1.54, 1.807) is 12.0 Å². The van der Waals surface area contributed by atoms with Crippen molar-refractivity contribution in [3.05, 3.63) is 0 Å². The Labute approximate surface area is 85.2 Å². The summed E-state index contributed by atoms with van der Waals surface area (Å²) in [5.74, 6) is 0.103. The highest BCUT2D eigenvalue weighted by molar-refractivity contribution is 5.76. The van der Waals surface area contributed by atoms with E-state index in [-0.39, 0.29) is 5.91 Å². The average Bonchev–Trinajstić information content (AvgIpc) is 2.19. The third kappa shape index (κ3) is 5.70. The third-order valence-electron chi connectivity index (χ3n) is 2.01. The predicted molar refractivity (Wildman–Crippen MR) is 54.0 cm³/mol. The highest BCUT2D eigenvalue weighted by Gasteiger charge is 2.09. The summed E-state index contributed by atoms with van der Waals surface area (Å²) in [7, 11) is 1.62. The second-order valence-electron chi connectivity index (χ2n) is 3.03. The average molecular weight is 201 g/mol. The molecule has 0 N–H and O–H groups in total. The van der Waals surface area contributed by atoms with Crippen molar-refractivity contribution in [2.24, 2.45) is 0 Å². The van der Waals surface area contributed by atoms with Gasteiger partial charge >= 0.3 is 0 Å². The van der Waals surface area contributed by atoms with E-state index in [0.29, 0.717) is 39.0 Å². The van der Waals surface area contributed by atoms with Gasteiger partial charge in [-0.3, -0.25) is 4.79 Å². The number of methoxy groups -OCH3 is 1. The molecule has 0 unspecified atom stereocenters. The van der Waals surface area contributed by atoms with Gasteiger partial charge < -0.3 is 14.4 Å². The minimum atomic E-state index is 0.103. The molecule has 82 valence electrons. The second kappa shape index (κ2) is 8.69. The molecule has 4 heteroatoms. The molecule has 0 rings (SSSR count). The van der Waals surface area contributed by atoms with Gasteiger partial charge in [-0.25, -0.2) is 0 Å². The maximum Gasteiger partial charge on any atom is 0.222 e. The fourth-order valence-electron chi connectivity index (χ4n) is 1.16. The summed E-state index contributed by atoms with van der Waals surface area (Å²) in [5.41, 5.74) is 0. The number of aldehydes is 1. The minimum absolute atomic E-state index is 0.103. The highest BCUT2D eigenvalue weighted by Crippen LogP contribution is 1.99. The van der Waals surface area contributed by atoms with E-state index in [1.165, 1.54) is 0 Å². The van der Waals surface area contributed by atoms with Crippen LogP contribution in [0.2, 0.25) is 0 Å². The summed E-state index contributed by atoms with van der Waals surface area (Å²) in [5, 5.41) is 0. The first-order valence-corrected chi connectivity index (χ1v) is 4.96. The number of rotatable bonds is 8. The summed E-state index contributed by atoms with van der Waals surface area (Å²) >= 11 is 0. The topological polar surface area (TPSA) is 46.6 Å². The number of ether oxygens (including phenoxy) is 1. The maximum absolute atomic E-state index is 11.5. The van der Waals surface area contributed by atoms with Crippen molar-refractivity contribution >= 4 is 12.2 Å². The Balaban J connectivity index is 3.73. The monoisotopic (exact) mass is 201 g/mol. The van der Waals surface area contributed by atoms with E-state index in [0.717, 1.165) is 6.29 Å². The normalized spacial score (nSPS) is 9.86. The van der Waals surface area contributed by atoms with Gasteiger partial charge in [0.2, 0.25) is 5.91 Å². The van der Waals surface area contributed by atoms with Gasteiger partial charge in [-0.1, -0.05) is 0 Å². The first-order valence-electron chi connectivity index (χ1n) is 4.96. The molecule has 0 aliphatic heterocycles. The Morgan fingerprint density at radius 3 is 2.71 bits per heavy atom. The van der Waals surface area contributed by atoms with Gasteiger partial charge in [0.1, 0.15) is 6.29 Å². The van der Waals surface area contributed by atoms with Crippen LogP contribution in [-0.4, -0.2) is 43.9 Å². The van der Waals surface area contributed by atoms with Crippen LogP contribution < -0.4 is 0 Å². The molecule has 0 atom stereocenters. The van der Waals surface area contributed by atoms with Crippen molar-refractivity contribution in [1.29, 1.82) is 0 Å². The first-order chi connectivity index (χ1) is 6.76. The van der Waals surface area contributed by atoms with E-state index >= 15 is 0 Å². The molecule has 0 aromatic carbocycles. The molecule has 1 amide bonds. The number of likely N-dealkylation sites (N-methyl/N-ethyl adjacent to an activating group) is 1. The molecule has 4 nitrogen and oxygen atoms in total. The van der Waals surface area contributed by atoms with E-state index < -0.39 is 0 Å². The summed E-state index contributed by atoms with van der Waals surface area (Å²) in [6.45, 7) is 3.83. The molecule has 0 spiro atoms. The first kappa shape index (κ1) is 13.1. The van der Waals surface area contributed by atoms with Crippen LogP contribution >= 0.6 is 0 Å². The Kier molecular flexibility index (Phi) is 8.13. The Hall–Kier alpha value is -0.900. The Bertz CT molecular complexity index is 171. The van der Waals surface area contributed by atoms with Crippen molar-refractivity contribution in [1.82, 2.24) is 4.90 Å². The van der Waals surface area contributed by atoms with Crippen molar-refractivity contribution in [2.75, 3.05) is 26.8 Å². The zero-order valence-electron chi connectivity index (χ0n) is 8.99. The molecule has 0 aromatic rings. The number of hydrogen-bond donors (Lipinski definition) is 0. The van der Waals surface area contributed by atoms with Crippen LogP contribution in [0, 0.1) is 0 Å². The highest BCUT2D eigenvalue weighted by atomic mass is 16.5. The van der Waals surface area contributed by atoms with E-state index in [9.17, 15) is 9.59 Å². The summed E-state index contributed by atoms with van der Waals surface area (Å²) in [6.07, 6.45) is 2.41. The zero-order chi connectivity index (χ0) is 10.8. The van der Waals surface area contributed by atoms with E-state index in [1.807, 2.05) is 6.92 Å². The lowest BCUT2D eigenvalue weighted by Gasteiger charge is -2.20. The quantitative estimate of drug-likeness (QED) is 0.432. The number of hydrogen-bond acceptors (Lipinski definition) is 3. The van der Waals surface area contributed by atoms with Crippen LogP contribution in [0.5, 0.6) is 0 Å². The largest absolute Gasteiger partial charge is 0.383 e. The molecular formula is C10H19NO3. The molecule has 0 fully saturated rings. The molecule has 0 aliphatic rings. The molecular weight excluding hydrogens is 182 g/mol. The van der Waals surface area contributed by atoms with E-state index in [2.05, 4.69) is 0 Å². The van der Waals surface area contributed by atoms with Crippen LogP contribution in [0.1, 0.15) is 26.2 Å². The lowest BCUT2D eigenvalue weighted by Crippen LogP contribution is -2.33. The van der Waals surface area contributed by atoms with Crippen LogP contribution in [0.15, 0.2) is 0 Å². The lowest BCUT2D eigenvalue weighted by molar-refractivity contribution is -0.131. The molecule has 0 radical (unpaired) electrons. The van der Waals surface area contributed by atoms with Gasteiger partial charge in [-0.2, -0.15) is 0 Å². The van der Waals surface area contributed by atoms with Gasteiger partial charge in [0.25, 0.3) is 0 Å². The fraction of sp³-hybridized carbons (Fsp3) is 0.800. The van der Waals surface area contributed by atoms with Crippen LogP contribution in [-0.2, 0) is 14.3 Å². The molecule has 0 saturated heterocycles.